The molecule has 0 aromatic heterocycles. The summed E-state index contributed by atoms with van der Waals surface area (Å²) in [5.41, 5.74) is 1.16. The van der Waals surface area contributed by atoms with Crippen molar-refractivity contribution in [3.8, 4) is 0 Å². The van der Waals surface area contributed by atoms with E-state index in [1.807, 2.05) is 6.07 Å². The first-order chi connectivity index (χ1) is 12.7. The predicted octanol–water partition coefficient (Wildman–Crippen LogP) is 2.99. The standard InChI is InChI=1S/C21H31FN4/c1-2-23-20(26-13-8-19(15-26)25-11-3-4-12-25)24-16-21(9-10-21)17-6-5-7-18(22)14-17/h5-7,14,19H,2-4,8-13,15-16H2,1H3,(H,23,24). The highest BCUT2D eigenvalue weighted by molar-refractivity contribution is 5.80. The molecule has 2 heterocycles. The minimum absolute atomic E-state index is 0.0524. The number of nitrogens with zero attached hydrogens (tertiary/aromatic N) is 3. The maximum absolute atomic E-state index is 13.6. The summed E-state index contributed by atoms with van der Waals surface area (Å²) in [4.78, 5) is 10.1. The lowest BCUT2D eigenvalue weighted by molar-refractivity contribution is 0.249. The molecule has 1 saturated carbocycles. The Morgan fingerprint density at radius 3 is 2.77 bits per heavy atom. The summed E-state index contributed by atoms with van der Waals surface area (Å²) in [5.74, 6) is 0.898. The first-order valence-corrected chi connectivity index (χ1v) is 10.2. The SMILES string of the molecule is CCNC(=NCC1(c2cccc(F)c2)CC1)N1CCC(N2CCCC2)C1. The number of nitrogens with one attached hydrogen (secondary N) is 1. The van der Waals surface area contributed by atoms with E-state index in [0.717, 1.165) is 50.5 Å². The molecule has 3 fully saturated rings. The summed E-state index contributed by atoms with van der Waals surface area (Å²) in [6.45, 7) is 8.45. The number of likely N-dealkylation sites (tertiary alicyclic amines) is 2. The first-order valence-electron chi connectivity index (χ1n) is 10.2. The summed E-state index contributed by atoms with van der Waals surface area (Å²) >= 11 is 0. The maximum Gasteiger partial charge on any atom is 0.193 e. The number of aliphatic imine (C=N–C) groups is 1. The fraction of sp³-hybridized carbons (Fsp3) is 0.667. The maximum atomic E-state index is 13.6. The fourth-order valence-corrected chi connectivity index (χ4v) is 4.50. The minimum atomic E-state index is -0.141. The van der Waals surface area contributed by atoms with E-state index in [4.69, 9.17) is 4.99 Å². The van der Waals surface area contributed by atoms with Gasteiger partial charge in [0.2, 0.25) is 0 Å². The monoisotopic (exact) mass is 358 g/mol. The molecule has 1 aromatic carbocycles. The summed E-state index contributed by atoms with van der Waals surface area (Å²) in [7, 11) is 0. The Hall–Kier alpha value is -1.62. The van der Waals surface area contributed by atoms with Crippen LogP contribution < -0.4 is 5.32 Å². The molecule has 4 rings (SSSR count). The van der Waals surface area contributed by atoms with Gasteiger partial charge in [0.15, 0.2) is 5.96 Å². The molecule has 0 bridgehead atoms. The van der Waals surface area contributed by atoms with Gasteiger partial charge in [0.1, 0.15) is 5.82 Å². The van der Waals surface area contributed by atoms with Crippen molar-refractivity contribution in [1.82, 2.24) is 15.1 Å². The van der Waals surface area contributed by atoms with Crippen LogP contribution in [0.25, 0.3) is 0 Å². The lowest BCUT2D eigenvalue weighted by atomic mass is 9.96. The summed E-state index contributed by atoms with van der Waals surface area (Å²) in [5, 5.41) is 3.48. The van der Waals surface area contributed by atoms with Gasteiger partial charge in [-0.1, -0.05) is 12.1 Å². The number of halogens is 1. The molecule has 1 aliphatic carbocycles. The molecule has 0 radical (unpaired) electrons. The van der Waals surface area contributed by atoms with Crippen LogP contribution in [0, 0.1) is 5.82 Å². The quantitative estimate of drug-likeness (QED) is 0.648. The molecular formula is C21H31FN4. The second-order valence-electron chi connectivity index (χ2n) is 8.09. The molecule has 1 N–H and O–H groups in total. The fourth-order valence-electron chi connectivity index (χ4n) is 4.50. The van der Waals surface area contributed by atoms with Crippen molar-refractivity contribution in [3.05, 3.63) is 35.6 Å². The number of benzene rings is 1. The van der Waals surface area contributed by atoms with Gasteiger partial charge in [-0.05, 0) is 69.8 Å². The number of guanidine groups is 1. The van der Waals surface area contributed by atoms with E-state index < -0.39 is 0 Å². The summed E-state index contributed by atoms with van der Waals surface area (Å²) in [6, 6.07) is 7.77. The second-order valence-corrected chi connectivity index (χ2v) is 8.09. The summed E-state index contributed by atoms with van der Waals surface area (Å²) in [6.07, 6.45) is 6.15. The van der Waals surface area contributed by atoms with E-state index in [-0.39, 0.29) is 11.2 Å². The van der Waals surface area contributed by atoms with Crippen molar-refractivity contribution < 1.29 is 4.39 Å². The molecular weight excluding hydrogens is 327 g/mol. The Morgan fingerprint density at radius 1 is 1.27 bits per heavy atom. The lowest BCUT2D eigenvalue weighted by Gasteiger charge is -2.26. The van der Waals surface area contributed by atoms with Gasteiger partial charge in [0.25, 0.3) is 0 Å². The van der Waals surface area contributed by atoms with Gasteiger partial charge in [-0.25, -0.2) is 4.39 Å². The van der Waals surface area contributed by atoms with E-state index in [2.05, 4.69) is 28.1 Å². The molecule has 26 heavy (non-hydrogen) atoms. The van der Waals surface area contributed by atoms with E-state index in [1.165, 1.54) is 38.4 Å². The van der Waals surface area contributed by atoms with Crippen LogP contribution >= 0.6 is 0 Å². The molecule has 0 amide bonds. The van der Waals surface area contributed by atoms with E-state index in [1.54, 1.807) is 6.07 Å². The van der Waals surface area contributed by atoms with Crippen LogP contribution in [0.5, 0.6) is 0 Å². The third-order valence-electron chi connectivity index (χ3n) is 6.28. The van der Waals surface area contributed by atoms with Crippen molar-refractivity contribution in [1.29, 1.82) is 0 Å². The number of hydrogen-bond acceptors (Lipinski definition) is 2. The molecule has 1 unspecified atom stereocenters. The molecule has 2 aliphatic heterocycles. The van der Waals surface area contributed by atoms with Crippen molar-refractivity contribution >= 4 is 5.96 Å². The van der Waals surface area contributed by atoms with Gasteiger partial charge in [-0.3, -0.25) is 9.89 Å². The second kappa shape index (κ2) is 7.55. The van der Waals surface area contributed by atoms with Crippen molar-refractivity contribution in [2.45, 2.75) is 50.5 Å². The van der Waals surface area contributed by atoms with E-state index in [0.29, 0.717) is 6.04 Å². The Morgan fingerprint density at radius 2 is 2.08 bits per heavy atom. The van der Waals surface area contributed by atoms with E-state index >= 15 is 0 Å². The van der Waals surface area contributed by atoms with Gasteiger partial charge in [-0.2, -0.15) is 0 Å². The molecule has 5 heteroatoms. The molecule has 0 spiro atoms. The van der Waals surface area contributed by atoms with Gasteiger partial charge in [0, 0.05) is 31.1 Å². The summed E-state index contributed by atoms with van der Waals surface area (Å²) < 4.78 is 13.6. The normalized spacial score (nSPS) is 25.7. The van der Waals surface area contributed by atoms with Crippen LogP contribution in [0.1, 0.15) is 44.6 Å². The first kappa shape index (κ1) is 17.8. The number of hydrogen-bond donors (Lipinski definition) is 1. The Kier molecular flexibility index (Phi) is 5.16. The van der Waals surface area contributed by atoms with Crippen LogP contribution in [-0.4, -0.2) is 61.1 Å². The number of rotatable bonds is 5. The van der Waals surface area contributed by atoms with Crippen molar-refractivity contribution in [2.24, 2.45) is 4.99 Å². The van der Waals surface area contributed by atoms with Crippen LogP contribution in [0.15, 0.2) is 29.3 Å². The average Bonchev–Trinajstić information content (AvgIpc) is 3.04. The van der Waals surface area contributed by atoms with E-state index in [9.17, 15) is 4.39 Å². The topological polar surface area (TPSA) is 30.9 Å². The zero-order valence-corrected chi connectivity index (χ0v) is 15.9. The largest absolute Gasteiger partial charge is 0.357 e. The van der Waals surface area contributed by atoms with Crippen LogP contribution in [-0.2, 0) is 5.41 Å². The van der Waals surface area contributed by atoms with Crippen LogP contribution in [0.4, 0.5) is 4.39 Å². The Balaban J connectivity index is 1.43. The third kappa shape index (κ3) is 3.73. The Bertz CT molecular complexity index is 649. The van der Waals surface area contributed by atoms with Gasteiger partial charge >= 0.3 is 0 Å². The third-order valence-corrected chi connectivity index (χ3v) is 6.28. The highest BCUT2D eigenvalue weighted by atomic mass is 19.1. The zero-order chi connectivity index (χ0) is 18.0. The molecule has 1 atom stereocenters. The highest BCUT2D eigenvalue weighted by Crippen LogP contribution is 2.48. The van der Waals surface area contributed by atoms with Gasteiger partial charge in [0.05, 0.1) is 6.54 Å². The molecule has 142 valence electrons. The van der Waals surface area contributed by atoms with Crippen molar-refractivity contribution in [3.63, 3.8) is 0 Å². The average molecular weight is 359 g/mol. The van der Waals surface area contributed by atoms with Crippen molar-refractivity contribution in [2.75, 3.05) is 39.3 Å². The Labute approximate surface area is 156 Å². The smallest absolute Gasteiger partial charge is 0.193 e. The molecule has 4 nitrogen and oxygen atoms in total. The lowest BCUT2D eigenvalue weighted by Crippen LogP contribution is -2.43. The molecule has 3 aliphatic rings. The zero-order valence-electron chi connectivity index (χ0n) is 15.9. The van der Waals surface area contributed by atoms with Gasteiger partial charge in [-0.15, -0.1) is 0 Å². The predicted molar refractivity (Wildman–Crippen MR) is 104 cm³/mol. The minimum Gasteiger partial charge on any atom is -0.357 e. The van der Waals surface area contributed by atoms with Gasteiger partial charge < -0.3 is 10.2 Å². The van der Waals surface area contributed by atoms with Crippen LogP contribution in [0.2, 0.25) is 0 Å². The highest BCUT2D eigenvalue weighted by Gasteiger charge is 2.44. The molecule has 1 aromatic rings. The van der Waals surface area contributed by atoms with Crippen LogP contribution in [0.3, 0.4) is 0 Å². The molecule has 2 saturated heterocycles.